The van der Waals surface area contributed by atoms with E-state index in [4.69, 9.17) is 14.5 Å². The summed E-state index contributed by atoms with van der Waals surface area (Å²) < 4.78 is 25.5. The number of nitrogens with zero attached hydrogens (tertiary/aromatic N) is 2. The zero-order valence-corrected chi connectivity index (χ0v) is 27.5. The molecule has 9 heteroatoms. The molecule has 1 aliphatic heterocycles. The Morgan fingerprint density at radius 2 is 1.73 bits per heavy atom. The van der Waals surface area contributed by atoms with Gasteiger partial charge in [0, 0.05) is 49.4 Å². The van der Waals surface area contributed by atoms with Crippen LogP contribution in [0.25, 0.3) is 11.1 Å². The van der Waals surface area contributed by atoms with Crippen molar-refractivity contribution in [3.05, 3.63) is 76.9 Å². The lowest BCUT2D eigenvalue weighted by molar-refractivity contribution is -0.160. The van der Waals surface area contributed by atoms with Gasteiger partial charge in [-0.3, -0.25) is 4.98 Å². The fourth-order valence-electron chi connectivity index (χ4n) is 5.70. The van der Waals surface area contributed by atoms with E-state index < -0.39 is 17.7 Å². The molecule has 3 aromatic rings. The van der Waals surface area contributed by atoms with Crippen molar-refractivity contribution < 1.29 is 28.9 Å². The highest BCUT2D eigenvalue weighted by Crippen LogP contribution is 2.45. The van der Waals surface area contributed by atoms with Crippen LogP contribution in [0.2, 0.25) is 0 Å². The fourth-order valence-corrected chi connectivity index (χ4v) is 5.70. The minimum atomic E-state index is -1.21. The average Bonchev–Trinajstić information content (AvgIpc) is 2.97. The summed E-state index contributed by atoms with van der Waals surface area (Å²) in [5.74, 6) is -0.625. The predicted octanol–water partition coefficient (Wildman–Crippen LogP) is 6.47. The van der Waals surface area contributed by atoms with E-state index in [0.717, 1.165) is 54.0 Å². The molecule has 1 atom stereocenters. The van der Waals surface area contributed by atoms with E-state index in [1.54, 1.807) is 12.1 Å². The van der Waals surface area contributed by atoms with E-state index in [-0.39, 0.29) is 17.8 Å². The third kappa shape index (κ3) is 9.25. The number of rotatable bonds is 13. The summed E-state index contributed by atoms with van der Waals surface area (Å²) in [6.07, 6.45) is 1.36. The number of halogens is 1. The molecule has 0 unspecified atom stereocenters. The first-order chi connectivity index (χ1) is 21.3. The zero-order chi connectivity index (χ0) is 32.8. The number of aromatic nitrogens is 1. The lowest BCUT2D eigenvalue weighted by atomic mass is 9.81. The second kappa shape index (κ2) is 14.7. The highest BCUT2D eigenvalue weighted by Gasteiger charge is 2.37. The molecule has 0 amide bonds. The maximum atomic E-state index is 13.3. The molecule has 244 valence electrons. The predicted molar refractivity (Wildman–Crippen MR) is 175 cm³/mol. The average molecular weight is 622 g/mol. The molecule has 1 saturated heterocycles. The Hall–Kier alpha value is -3.53. The number of carbonyl (C=O) groups is 1. The van der Waals surface area contributed by atoms with E-state index in [9.17, 15) is 19.4 Å². The minimum absolute atomic E-state index is 0.00900. The van der Waals surface area contributed by atoms with Gasteiger partial charge in [-0.2, -0.15) is 0 Å². The normalized spacial score (nSPS) is 15.6. The molecule has 0 saturated carbocycles. The monoisotopic (exact) mass is 621 g/mol. The molecule has 45 heavy (non-hydrogen) atoms. The van der Waals surface area contributed by atoms with Crippen molar-refractivity contribution in [2.24, 2.45) is 5.41 Å². The molecule has 2 aromatic carbocycles. The summed E-state index contributed by atoms with van der Waals surface area (Å²) in [4.78, 5) is 20.1. The minimum Gasteiger partial charge on any atom is -0.493 e. The lowest BCUT2D eigenvalue weighted by Crippen LogP contribution is -2.39. The van der Waals surface area contributed by atoms with Crippen LogP contribution in [0.4, 0.5) is 10.1 Å². The smallest absolute Gasteiger partial charge is 0.337 e. The van der Waals surface area contributed by atoms with Crippen LogP contribution in [0.1, 0.15) is 76.1 Å². The summed E-state index contributed by atoms with van der Waals surface area (Å²) in [5, 5.41) is 23.2. The molecule has 1 aromatic heterocycles. The third-order valence-corrected chi connectivity index (χ3v) is 8.16. The van der Waals surface area contributed by atoms with Gasteiger partial charge in [0.25, 0.3) is 0 Å². The van der Waals surface area contributed by atoms with Gasteiger partial charge in [-0.05, 0) is 81.3 Å². The van der Waals surface area contributed by atoms with Crippen molar-refractivity contribution in [3.63, 3.8) is 0 Å². The van der Waals surface area contributed by atoms with Gasteiger partial charge >= 0.3 is 5.97 Å². The molecule has 8 nitrogen and oxygen atoms in total. The van der Waals surface area contributed by atoms with Crippen LogP contribution in [0.5, 0.6) is 5.75 Å². The molecule has 0 bridgehead atoms. The molecular formula is C36H48FN3O5. The number of aliphatic hydroxyl groups is 1. The number of aliphatic hydroxyl groups excluding tert-OH is 1. The SMILES string of the molecule is Cc1nc(CNCCO)c(-c2ccc(OCCc3ccc(F)cc3)cc2)c(N2CCC(C)(C)CC2)c1[C@H](OC(C)(C)C)C(=O)O. The molecule has 4 rings (SSSR count). The molecule has 0 spiro atoms. The van der Waals surface area contributed by atoms with Gasteiger partial charge in [0.05, 0.1) is 30.2 Å². The van der Waals surface area contributed by atoms with E-state index in [1.807, 2.05) is 52.0 Å². The molecule has 0 aliphatic carbocycles. The number of anilines is 1. The first-order valence-electron chi connectivity index (χ1n) is 15.8. The summed E-state index contributed by atoms with van der Waals surface area (Å²) in [6, 6.07) is 14.2. The first kappa shape index (κ1) is 34.3. The van der Waals surface area contributed by atoms with Gasteiger partial charge in [0.2, 0.25) is 0 Å². The van der Waals surface area contributed by atoms with E-state index in [2.05, 4.69) is 24.1 Å². The van der Waals surface area contributed by atoms with Gasteiger partial charge in [-0.25, -0.2) is 9.18 Å². The van der Waals surface area contributed by atoms with Crippen molar-refractivity contribution in [3.8, 4) is 16.9 Å². The molecule has 0 radical (unpaired) electrons. The fraction of sp³-hybridized carbons (Fsp3) is 0.500. The molecule has 1 fully saturated rings. The van der Waals surface area contributed by atoms with Crippen LogP contribution in [-0.4, -0.2) is 59.6 Å². The summed E-state index contributed by atoms with van der Waals surface area (Å²) >= 11 is 0. The van der Waals surface area contributed by atoms with Crippen LogP contribution in [0.3, 0.4) is 0 Å². The number of hydrogen-bond acceptors (Lipinski definition) is 7. The maximum Gasteiger partial charge on any atom is 0.337 e. The van der Waals surface area contributed by atoms with Gasteiger partial charge in [-0.15, -0.1) is 0 Å². The number of hydrogen-bond donors (Lipinski definition) is 3. The van der Waals surface area contributed by atoms with Crippen LogP contribution in [0, 0.1) is 18.2 Å². The van der Waals surface area contributed by atoms with Crippen LogP contribution < -0.4 is 15.0 Å². The van der Waals surface area contributed by atoms with Crippen molar-refractivity contribution in [2.75, 3.05) is 37.7 Å². The summed E-state index contributed by atoms with van der Waals surface area (Å²) in [6.45, 7) is 14.7. The Morgan fingerprint density at radius 1 is 1.09 bits per heavy atom. The zero-order valence-electron chi connectivity index (χ0n) is 27.5. The highest BCUT2D eigenvalue weighted by atomic mass is 19.1. The summed E-state index contributed by atoms with van der Waals surface area (Å²) in [5.41, 5.74) is 4.99. The number of piperidine rings is 1. The van der Waals surface area contributed by atoms with E-state index >= 15 is 0 Å². The number of aliphatic carboxylic acids is 1. The molecule has 3 N–H and O–H groups in total. The Balaban J connectivity index is 1.79. The van der Waals surface area contributed by atoms with Gasteiger partial charge in [-0.1, -0.05) is 38.1 Å². The van der Waals surface area contributed by atoms with Crippen LogP contribution >= 0.6 is 0 Å². The van der Waals surface area contributed by atoms with Crippen molar-refractivity contribution in [2.45, 2.75) is 79.1 Å². The van der Waals surface area contributed by atoms with Crippen LogP contribution in [-0.2, 0) is 22.5 Å². The number of benzene rings is 2. The van der Waals surface area contributed by atoms with Gasteiger partial charge in [0.1, 0.15) is 11.6 Å². The standard InChI is InChI=1S/C36H48FN3O5/c1-24-30(33(34(42)43)45-35(2,3)4)32(40-19-16-36(5,6)17-20-40)31(29(39-24)23-38-18-21-41)26-9-13-28(14-10-26)44-22-15-25-7-11-27(37)12-8-25/h7-14,33,38,41H,15-23H2,1-6H3,(H,42,43)/t33-/m0/s1. The molecule has 1 aliphatic rings. The second-order valence-electron chi connectivity index (χ2n) is 13.5. The van der Waals surface area contributed by atoms with Gasteiger partial charge < -0.3 is 29.9 Å². The van der Waals surface area contributed by atoms with Gasteiger partial charge in [0.15, 0.2) is 6.10 Å². The number of carboxylic acid groups (broad SMARTS) is 1. The molecular weight excluding hydrogens is 573 g/mol. The van der Waals surface area contributed by atoms with Crippen molar-refractivity contribution in [1.82, 2.24) is 10.3 Å². The second-order valence-corrected chi connectivity index (χ2v) is 13.5. The number of pyridine rings is 1. The molecule has 2 heterocycles. The quantitative estimate of drug-likeness (QED) is 0.187. The van der Waals surface area contributed by atoms with Crippen molar-refractivity contribution >= 4 is 11.7 Å². The Morgan fingerprint density at radius 3 is 2.31 bits per heavy atom. The number of carboxylic acids is 1. The number of ether oxygens (including phenoxy) is 2. The number of aryl methyl sites for hydroxylation is 1. The maximum absolute atomic E-state index is 13.3. The first-order valence-corrected chi connectivity index (χ1v) is 15.8. The topological polar surface area (TPSA) is 104 Å². The highest BCUT2D eigenvalue weighted by molar-refractivity contribution is 5.88. The summed E-state index contributed by atoms with van der Waals surface area (Å²) in [7, 11) is 0. The Bertz CT molecular complexity index is 1430. The Kier molecular flexibility index (Phi) is 11.2. The van der Waals surface area contributed by atoms with E-state index in [0.29, 0.717) is 43.1 Å². The largest absolute Gasteiger partial charge is 0.493 e. The number of nitrogens with one attached hydrogen (secondary N) is 1. The lowest BCUT2D eigenvalue weighted by Gasteiger charge is -2.41. The van der Waals surface area contributed by atoms with E-state index in [1.165, 1.54) is 12.1 Å². The third-order valence-electron chi connectivity index (χ3n) is 8.16. The Labute approximate surface area is 266 Å². The van der Waals surface area contributed by atoms with Crippen LogP contribution in [0.15, 0.2) is 48.5 Å². The van der Waals surface area contributed by atoms with Crippen molar-refractivity contribution in [1.29, 1.82) is 0 Å².